The highest BCUT2D eigenvalue weighted by Crippen LogP contribution is 2.19. The van der Waals surface area contributed by atoms with E-state index in [1.165, 1.54) is 7.11 Å². The van der Waals surface area contributed by atoms with Crippen LogP contribution >= 0.6 is 12.4 Å². The van der Waals surface area contributed by atoms with Crippen LogP contribution < -0.4 is 11.1 Å². The Balaban J connectivity index is 0.00000243. The van der Waals surface area contributed by atoms with Gasteiger partial charge >= 0.3 is 0 Å². The molecule has 1 saturated heterocycles. The van der Waals surface area contributed by atoms with Crippen LogP contribution in [0, 0.1) is 0 Å². The largest absolute Gasteiger partial charge is 0.451 e. The first-order chi connectivity index (χ1) is 12.1. The van der Waals surface area contributed by atoms with Crippen molar-refractivity contribution in [3.05, 3.63) is 36.1 Å². The minimum absolute atomic E-state index is 0. The molecule has 3 rings (SSSR count). The highest BCUT2D eigenvalue weighted by Gasteiger charge is 2.28. The molecule has 7 nitrogen and oxygen atoms in total. The summed E-state index contributed by atoms with van der Waals surface area (Å²) in [6, 6.07) is 8.42. The average Bonchev–Trinajstić information content (AvgIpc) is 3.06. The van der Waals surface area contributed by atoms with Crippen molar-refractivity contribution < 1.29 is 18.7 Å². The van der Waals surface area contributed by atoms with Crippen LogP contribution in [0.4, 0.5) is 0 Å². The molecule has 0 bridgehead atoms. The van der Waals surface area contributed by atoms with Crippen molar-refractivity contribution in [3.8, 4) is 0 Å². The van der Waals surface area contributed by atoms with Gasteiger partial charge in [-0.05, 0) is 25.0 Å². The number of nitrogens with two attached hydrogens (primary N) is 1. The summed E-state index contributed by atoms with van der Waals surface area (Å²) in [7, 11) is 1.51. The summed E-state index contributed by atoms with van der Waals surface area (Å²) < 4.78 is 10.5. The first kappa shape index (κ1) is 20.2. The molecule has 2 amide bonds. The van der Waals surface area contributed by atoms with Gasteiger partial charge < -0.3 is 25.1 Å². The molecule has 1 aliphatic heterocycles. The molecule has 2 atom stereocenters. The number of nitrogens with one attached hydrogen (secondary N) is 1. The zero-order valence-electron chi connectivity index (χ0n) is 14.6. The summed E-state index contributed by atoms with van der Waals surface area (Å²) in [5.74, 6) is -0.137. The number of benzene rings is 1. The number of halogens is 1. The summed E-state index contributed by atoms with van der Waals surface area (Å²) in [5, 5.41) is 3.84. The lowest BCUT2D eigenvalue weighted by molar-refractivity contribution is -0.135. The molecule has 1 aromatic carbocycles. The molecule has 0 spiro atoms. The van der Waals surface area contributed by atoms with Gasteiger partial charge in [-0.2, -0.15) is 0 Å². The van der Waals surface area contributed by atoms with Crippen LogP contribution in [0.5, 0.6) is 0 Å². The highest BCUT2D eigenvalue weighted by atomic mass is 35.5. The number of hydrogen-bond donors (Lipinski definition) is 2. The normalized spacial score (nSPS) is 18.2. The van der Waals surface area contributed by atoms with Gasteiger partial charge in [0.1, 0.15) is 11.6 Å². The predicted molar refractivity (Wildman–Crippen MR) is 100 cm³/mol. The van der Waals surface area contributed by atoms with Gasteiger partial charge in [-0.3, -0.25) is 9.59 Å². The lowest BCUT2D eigenvalue weighted by Gasteiger charge is -2.34. The number of amides is 2. The Labute approximate surface area is 158 Å². The molecule has 0 saturated carbocycles. The van der Waals surface area contributed by atoms with Crippen LogP contribution in [0.15, 0.2) is 34.7 Å². The summed E-state index contributed by atoms with van der Waals surface area (Å²) >= 11 is 0. The second-order valence-corrected chi connectivity index (χ2v) is 6.31. The number of carbonyl (C=O) groups is 2. The third kappa shape index (κ3) is 4.55. The maximum absolute atomic E-state index is 12.4. The smallest absolute Gasteiger partial charge is 0.287 e. The van der Waals surface area contributed by atoms with E-state index in [1.54, 1.807) is 11.0 Å². The molecule has 2 aromatic rings. The molecule has 2 unspecified atom stereocenters. The molecule has 3 N–H and O–H groups in total. The number of likely N-dealkylation sites (tertiary alicyclic amines) is 1. The molecular weight excluding hydrogens is 358 g/mol. The first-order valence-electron chi connectivity index (χ1n) is 8.41. The molecule has 0 radical (unpaired) electrons. The quantitative estimate of drug-likeness (QED) is 0.818. The Morgan fingerprint density at radius 3 is 2.92 bits per heavy atom. The Hall–Kier alpha value is -2.09. The van der Waals surface area contributed by atoms with E-state index in [2.05, 4.69) is 5.32 Å². The van der Waals surface area contributed by atoms with Crippen molar-refractivity contribution in [1.29, 1.82) is 0 Å². The van der Waals surface area contributed by atoms with Crippen molar-refractivity contribution in [1.82, 2.24) is 10.2 Å². The number of hydrogen-bond acceptors (Lipinski definition) is 5. The molecule has 1 aromatic heterocycles. The molecule has 26 heavy (non-hydrogen) atoms. The van der Waals surface area contributed by atoms with Crippen molar-refractivity contribution in [2.24, 2.45) is 5.73 Å². The second-order valence-electron chi connectivity index (χ2n) is 6.31. The number of para-hydroxylation sites is 1. The number of piperidine rings is 1. The minimum atomic E-state index is -0.671. The number of fused-ring (bicyclic) bond motifs is 1. The van der Waals surface area contributed by atoms with E-state index in [9.17, 15) is 9.59 Å². The lowest BCUT2D eigenvalue weighted by Crippen LogP contribution is -2.54. The van der Waals surface area contributed by atoms with Crippen molar-refractivity contribution >= 4 is 35.2 Å². The maximum Gasteiger partial charge on any atom is 0.287 e. The minimum Gasteiger partial charge on any atom is -0.451 e. The number of nitrogens with zero attached hydrogens (tertiary/aromatic N) is 1. The van der Waals surface area contributed by atoms with Crippen molar-refractivity contribution in [3.63, 3.8) is 0 Å². The van der Waals surface area contributed by atoms with E-state index < -0.39 is 6.04 Å². The van der Waals surface area contributed by atoms with Gasteiger partial charge in [0.15, 0.2) is 5.76 Å². The number of furan rings is 1. The van der Waals surface area contributed by atoms with E-state index in [1.807, 2.05) is 24.3 Å². The molecule has 2 heterocycles. The van der Waals surface area contributed by atoms with E-state index in [0.717, 1.165) is 18.2 Å². The number of rotatable bonds is 5. The molecule has 1 aliphatic rings. The van der Waals surface area contributed by atoms with Crippen molar-refractivity contribution in [2.45, 2.75) is 24.9 Å². The Bertz CT molecular complexity index is 731. The van der Waals surface area contributed by atoms with Gasteiger partial charge in [-0.15, -0.1) is 12.4 Å². The van der Waals surface area contributed by atoms with Crippen LogP contribution in [0.2, 0.25) is 0 Å². The molecule has 0 aliphatic carbocycles. The molecule has 8 heteroatoms. The lowest BCUT2D eigenvalue weighted by atomic mass is 10.0. The fourth-order valence-corrected chi connectivity index (χ4v) is 3.13. The zero-order chi connectivity index (χ0) is 17.8. The average molecular weight is 382 g/mol. The number of methoxy groups -OCH3 is 1. The monoisotopic (exact) mass is 381 g/mol. The number of ether oxygens (including phenoxy) is 1. The standard InChI is InChI=1S/C18H23N3O4.ClH/c1-24-11-14(19)18(23)21-8-4-6-13(10-21)20-17(22)16-9-12-5-2-3-7-15(12)25-16;/h2-3,5,7,9,13-14H,4,6,8,10-11,19H2,1H3,(H,20,22);1H. The van der Waals surface area contributed by atoms with Crippen molar-refractivity contribution in [2.75, 3.05) is 26.8 Å². The van der Waals surface area contributed by atoms with Gasteiger partial charge in [0, 0.05) is 31.6 Å². The summed E-state index contributed by atoms with van der Waals surface area (Å²) in [6.07, 6.45) is 1.63. The maximum atomic E-state index is 12.4. The Morgan fingerprint density at radius 2 is 2.19 bits per heavy atom. The van der Waals surface area contributed by atoms with E-state index >= 15 is 0 Å². The van der Waals surface area contributed by atoms with Crippen LogP contribution in [0.1, 0.15) is 23.4 Å². The van der Waals surface area contributed by atoms with Gasteiger partial charge in [0.25, 0.3) is 5.91 Å². The summed E-state index contributed by atoms with van der Waals surface area (Å²) in [5.41, 5.74) is 6.50. The predicted octanol–water partition coefficient (Wildman–Crippen LogP) is 1.55. The summed E-state index contributed by atoms with van der Waals surface area (Å²) in [4.78, 5) is 26.4. The SMILES string of the molecule is COCC(N)C(=O)N1CCCC(NC(=O)c2cc3ccccc3o2)C1.Cl. The Morgan fingerprint density at radius 1 is 1.42 bits per heavy atom. The van der Waals surface area contributed by atoms with E-state index in [0.29, 0.717) is 18.7 Å². The van der Waals surface area contributed by atoms with Crippen LogP contribution in [-0.4, -0.2) is 55.6 Å². The summed E-state index contributed by atoms with van der Waals surface area (Å²) in [6.45, 7) is 1.28. The molecule has 1 fully saturated rings. The fraction of sp³-hybridized carbons (Fsp3) is 0.444. The number of carbonyl (C=O) groups excluding carboxylic acids is 2. The van der Waals surface area contributed by atoms with E-state index in [4.69, 9.17) is 14.9 Å². The van der Waals surface area contributed by atoms with Gasteiger partial charge in [0.05, 0.1) is 6.61 Å². The van der Waals surface area contributed by atoms with Gasteiger partial charge in [-0.25, -0.2) is 0 Å². The molecule has 142 valence electrons. The first-order valence-corrected chi connectivity index (χ1v) is 8.41. The van der Waals surface area contributed by atoms with E-state index in [-0.39, 0.29) is 42.6 Å². The Kier molecular flexibility index (Phi) is 7.02. The van der Waals surface area contributed by atoms with Crippen LogP contribution in [-0.2, 0) is 9.53 Å². The van der Waals surface area contributed by atoms with Gasteiger partial charge in [-0.1, -0.05) is 18.2 Å². The van der Waals surface area contributed by atoms with Crippen LogP contribution in [0.3, 0.4) is 0 Å². The molecular formula is C18H24ClN3O4. The fourth-order valence-electron chi connectivity index (χ4n) is 3.13. The third-order valence-corrected chi connectivity index (χ3v) is 4.38. The third-order valence-electron chi connectivity index (χ3n) is 4.38. The van der Waals surface area contributed by atoms with Crippen LogP contribution in [0.25, 0.3) is 11.0 Å². The highest BCUT2D eigenvalue weighted by molar-refractivity contribution is 5.96. The van der Waals surface area contributed by atoms with Gasteiger partial charge in [0.2, 0.25) is 5.91 Å². The zero-order valence-corrected chi connectivity index (χ0v) is 15.5. The second kappa shape index (κ2) is 9.02. The topological polar surface area (TPSA) is 97.8 Å².